The molecule has 1 saturated carbocycles. The molecule has 0 spiro atoms. The van der Waals surface area contributed by atoms with E-state index in [1.165, 1.54) is 11.3 Å². The van der Waals surface area contributed by atoms with E-state index in [4.69, 9.17) is 5.73 Å². The molecule has 3 nitrogen and oxygen atoms in total. The first-order valence-electron chi connectivity index (χ1n) is 4.70. The number of hydrogen-bond donors (Lipinski definition) is 1. The lowest BCUT2D eigenvalue weighted by molar-refractivity contribution is 0.580. The Balaban J connectivity index is 2.39. The second-order valence-corrected chi connectivity index (χ2v) is 4.66. The fourth-order valence-corrected chi connectivity index (χ4v) is 2.20. The lowest BCUT2D eigenvalue weighted by atomic mass is 10.1. The Hall–Kier alpha value is -0.830. The zero-order valence-electron chi connectivity index (χ0n) is 8.70. The van der Waals surface area contributed by atoms with Crippen LogP contribution in [0.25, 0.3) is 0 Å². The lowest BCUT2D eigenvalue weighted by Crippen LogP contribution is -2.07. The van der Waals surface area contributed by atoms with Crippen molar-refractivity contribution >= 4 is 0 Å². The van der Waals surface area contributed by atoms with Gasteiger partial charge in [0.2, 0.25) is 0 Å². The molecule has 0 saturated heterocycles. The largest absolute Gasteiger partial charge is 0.327 e. The number of nitrogens with two attached hydrogens (primary N) is 1. The van der Waals surface area contributed by atoms with E-state index in [-0.39, 0.29) is 5.41 Å². The molecule has 72 valence electrons. The normalized spacial score (nSPS) is 30.5. The number of aryl methyl sites for hydroxylation is 2. The smallest absolute Gasteiger partial charge is 0.0521 e. The number of nitrogens with zero attached hydrogens (tertiary/aromatic N) is 2. The van der Waals surface area contributed by atoms with Crippen LogP contribution < -0.4 is 5.73 Å². The quantitative estimate of drug-likeness (QED) is 0.703. The van der Waals surface area contributed by atoms with Gasteiger partial charge in [-0.05, 0) is 17.9 Å². The van der Waals surface area contributed by atoms with Crippen LogP contribution in [0.5, 0.6) is 0 Å². The van der Waals surface area contributed by atoms with E-state index in [1.807, 2.05) is 17.9 Å². The molecule has 13 heavy (non-hydrogen) atoms. The van der Waals surface area contributed by atoms with Crippen LogP contribution >= 0.6 is 0 Å². The summed E-state index contributed by atoms with van der Waals surface area (Å²) in [4.78, 5) is 0. The summed E-state index contributed by atoms with van der Waals surface area (Å²) in [6.45, 7) is 6.53. The van der Waals surface area contributed by atoms with Crippen molar-refractivity contribution in [2.24, 2.45) is 18.2 Å². The van der Waals surface area contributed by atoms with E-state index in [0.29, 0.717) is 12.0 Å². The minimum absolute atomic E-state index is 0.249. The molecular weight excluding hydrogens is 162 g/mol. The van der Waals surface area contributed by atoms with Crippen LogP contribution in [0.4, 0.5) is 0 Å². The average molecular weight is 179 g/mol. The van der Waals surface area contributed by atoms with Crippen molar-refractivity contribution in [2.45, 2.75) is 32.7 Å². The van der Waals surface area contributed by atoms with Gasteiger partial charge >= 0.3 is 0 Å². The summed E-state index contributed by atoms with van der Waals surface area (Å²) in [6.07, 6.45) is 1.91. The van der Waals surface area contributed by atoms with Crippen LogP contribution in [0.2, 0.25) is 0 Å². The minimum Gasteiger partial charge on any atom is -0.327 e. The summed E-state index contributed by atoms with van der Waals surface area (Å²) in [5.41, 5.74) is 8.84. The zero-order chi connectivity index (χ0) is 9.80. The molecule has 0 bridgehead atoms. The van der Waals surface area contributed by atoms with Gasteiger partial charge < -0.3 is 5.73 Å². The molecule has 0 aliphatic heterocycles. The summed E-state index contributed by atoms with van der Waals surface area (Å²) in [6, 6.07) is 0.293. The molecule has 1 aromatic rings. The Morgan fingerprint density at radius 1 is 1.54 bits per heavy atom. The zero-order valence-corrected chi connectivity index (χ0v) is 8.70. The number of hydrogen-bond acceptors (Lipinski definition) is 2. The molecule has 2 rings (SSSR count). The summed E-state index contributed by atoms with van der Waals surface area (Å²) >= 11 is 0. The molecule has 1 heterocycles. The van der Waals surface area contributed by atoms with Crippen molar-refractivity contribution in [3.8, 4) is 0 Å². The highest BCUT2D eigenvalue weighted by Crippen LogP contribution is 2.57. The maximum Gasteiger partial charge on any atom is 0.0521 e. The fourth-order valence-electron chi connectivity index (χ4n) is 2.20. The maximum absolute atomic E-state index is 6.03. The van der Waals surface area contributed by atoms with Crippen LogP contribution in [-0.2, 0) is 7.05 Å². The lowest BCUT2D eigenvalue weighted by Gasteiger charge is -2.04. The van der Waals surface area contributed by atoms with Gasteiger partial charge in [0.1, 0.15) is 0 Å². The van der Waals surface area contributed by atoms with Gasteiger partial charge in [0.05, 0.1) is 6.20 Å². The average Bonchev–Trinajstić information content (AvgIpc) is 2.40. The highest BCUT2D eigenvalue weighted by atomic mass is 15.3. The van der Waals surface area contributed by atoms with Crippen LogP contribution in [0.15, 0.2) is 6.20 Å². The number of rotatable bonds is 1. The van der Waals surface area contributed by atoms with Crippen LogP contribution in [0, 0.1) is 12.3 Å². The first-order chi connectivity index (χ1) is 5.96. The Bertz CT molecular complexity index is 318. The topological polar surface area (TPSA) is 43.8 Å². The summed E-state index contributed by atoms with van der Waals surface area (Å²) < 4.78 is 1.95. The minimum atomic E-state index is 0.249. The van der Waals surface area contributed by atoms with Gasteiger partial charge in [-0.2, -0.15) is 5.10 Å². The predicted octanol–water partition coefficient (Wildman–Crippen LogP) is 1.18. The van der Waals surface area contributed by atoms with Crippen molar-refractivity contribution in [2.75, 3.05) is 0 Å². The third-order valence-corrected chi connectivity index (χ3v) is 3.38. The Kier molecular flexibility index (Phi) is 1.58. The molecule has 1 aliphatic carbocycles. The standard InChI is InChI=1S/C10H17N3/c1-6-5-12-13(4)8(6)7-9(11)10(7,2)3/h5,7,9H,11H2,1-4H3/t7-,9-/m1/s1. The van der Waals surface area contributed by atoms with Crippen LogP contribution in [0.1, 0.15) is 31.0 Å². The van der Waals surface area contributed by atoms with Crippen LogP contribution in [0.3, 0.4) is 0 Å². The van der Waals surface area contributed by atoms with E-state index >= 15 is 0 Å². The summed E-state index contributed by atoms with van der Waals surface area (Å²) in [7, 11) is 1.99. The Morgan fingerprint density at radius 2 is 2.08 bits per heavy atom. The molecule has 1 aliphatic rings. The predicted molar refractivity (Wildman–Crippen MR) is 52.4 cm³/mol. The molecule has 0 radical (unpaired) electrons. The highest BCUT2D eigenvalue weighted by Gasteiger charge is 2.57. The SMILES string of the molecule is Cc1cnn(C)c1[C@@H]1[C@@H](N)C1(C)C. The first kappa shape index (κ1) is 8.75. The molecule has 3 heteroatoms. The molecule has 2 N–H and O–H groups in total. The van der Waals surface area contributed by atoms with Gasteiger partial charge in [0, 0.05) is 24.7 Å². The van der Waals surface area contributed by atoms with E-state index in [1.54, 1.807) is 0 Å². The summed E-state index contributed by atoms with van der Waals surface area (Å²) in [5.74, 6) is 0.486. The maximum atomic E-state index is 6.03. The van der Waals surface area contributed by atoms with Crippen molar-refractivity contribution in [3.63, 3.8) is 0 Å². The van der Waals surface area contributed by atoms with Gasteiger partial charge in [0.15, 0.2) is 0 Å². The Labute approximate surface area is 78.9 Å². The third kappa shape index (κ3) is 1.03. The molecule has 0 aromatic carbocycles. The van der Waals surface area contributed by atoms with Gasteiger partial charge in [0.25, 0.3) is 0 Å². The molecule has 1 aromatic heterocycles. The van der Waals surface area contributed by atoms with Crippen molar-refractivity contribution in [1.29, 1.82) is 0 Å². The number of aromatic nitrogens is 2. The van der Waals surface area contributed by atoms with Gasteiger partial charge in [-0.3, -0.25) is 4.68 Å². The second-order valence-electron chi connectivity index (χ2n) is 4.66. The molecule has 2 atom stereocenters. The van der Waals surface area contributed by atoms with Crippen LogP contribution in [-0.4, -0.2) is 15.8 Å². The van der Waals surface area contributed by atoms with Gasteiger partial charge in [-0.1, -0.05) is 13.8 Å². The highest BCUT2D eigenvalue weighted by molar-refractivity contribution is 5.33. The molecule has 0 amide bonds. The first-order valence-corrected chi connectivity index (χ1v) is 4.70. The van der Waals surface area contributed by atoms with E-state index in [9.17, 15) is 0 Å². The van der Waals surface area contributed by atoms with Crippen molar-refractivity contribution in [3.05, 3.63) is 17.5 Å². The Morgan fingerprint density at radius 3 is 2.38 bits per heavy atom. The van der Waals surface area contributed by atoms with Crippen molar-refractivity contribution < 1.29 is 0 Å². The van der Waals surface area contributed by atoms with Gasteiger partial charge in [-0.15, -0.1) is 0 Å². The molecule has 0 unspecified atom stereocenters. The second kappa shape index (κ2) is 2.35. The third-order valence-electron chi connectivity index (χ3n) is 3.38. The fraction of sp³-hybridized carbons (Fsp3) is 0.700. The molecular formula is C10H17N3. The monoisotopic (exact) mass is 179 g/mol. The van der Waals surface area contributed by atoms with E-state index < -0.39 is 0 Å². The van der Waals surface area contributed by atoms with E-state index in [2.05, 4.69) is 25.9 Å². The van der Waals surface area contributed by atoms with E-state index in [0.717, 1.165) is 0 Å². The summed E-state index contributed by atoms with van der Waals surface area (Å²) in [5, 5.41) is 4.24. The molecule has 1 fully saturated rings. The van der Waals surface area contributed by atoms with Gasteiger partial charge in [-0.25, -0.2) is 0 Å². The van der Waals surface area contributed by atoms with Crippen molar-refractivity contribution in [1.82, 2.24) is 9.78 Å².